The molecule has 8 N–H and O–H groups in total. The summed E-state index contributed by atoms with van der Waals surface area (Å²) in [5.74, 6) is -0.237. The standard InChI is InChI=1S/C24H34N6O2/c25-9-15-27-11-3-13-29-19-7-8-20(30-14-4-12-28-16-10-26)22-21(19)23(31)17-5-1-2-6-18(17)24(22)32/h1-2,5-8,27-30H,3-4,9-16,25-26H2. The topological polar surface area (TPSA) is 134 Å². The molecule has 2 aromatic carbocycles. The van der Waals surface area contributed by atoms with Gasteiger partial charge in [0.05, 0.1) is 11.1 Å². The maximum absolute atomic E-state index is 13.4. The third-order valence-electron chi connectivity index (χ3n) is 5.41. The summed E-state index contributed by atoms with van der Waals surface area (Å²) in [6.45, 7) is 5.81. The van der Waals surface area contributed by atoms with Crippen LogP contribution in [0.1, 0.15) is 44.7 Å². The summed E-state index contributed by atoms with van der Waals surface area (Å²) in [6, 6.07) is 10.8. The number of benzene rings is 2. The van der Waals surface area contributed by atoms with Crippen LogP contribution in [0.4, 0.5) is 11.4 Å². The second kappa shape index (κ2) is 12.3. The zero-order chi connectivity index (χ0) is 22.8. The van der Waals surface area contributed by atoms with E-state index in [1.54, 1.807) is 24.3 Å². The molecule has 0 amide bonds. The van der Waals surface area contributed by atoms with Crippen LogP contribution in [0.5, 0.6) is 0 Å². The summed E-state index contributed by atoms with van der Waals surface area (Å²) in [6.07, 6.45) is 1.76. The summed E-state index contributed by atoms with van der Waals surface area (Å²) >= 11 is 0. The van der Waals surface area contributed by atoms with Gasteiger partial charge in [0.2, 0.25) is 0 Å². The molecule has 0 unspecified atom stereocenters. The molecule has 8 heteroatoms. The number of hydrogen-bond donors (Lipinski definition) is 6. The van der Waals surface area contributed by atoms with Gasteiger partial charge < -0.3 is 32.7 Å². The normalized spacial score (nSPS) is 12.4. The van der Waals surface area contributed by atoms with Gasteiger partial charge in [0, 0.05) is 61.8 Å². The molecule has 0 saturated carbocycles. The minimum atomic E-state index is -0.118. The quantitative estimate of drug-likeness (QED) is 0.207. The molecule has 0 aromatic heterocycles. The van der Waals surface area contributed by atoms with Crippen molar-refractivity contribution >= 4 is 22.9 Å². The largest absolute Gasteiger partial charge is 0.384 e. The number of carbonyl (C=O) groups excluding carboxylic acids is 2. The highest BCUT2D eigenvalue weighted by atomic mass is 16.1. The van der Waals surface area contributed by atoms with Crippen LogP contribution in [-0.4, -0.2) is 63.9 Å². The Balaban J connectivity index is 1.79. The minimum Gasteiger partial charge on any atom is -0.384 e. The molecular weight excluding hydrogens is 404 g/mol. The van der Waals surface area contributed by atoms with Gasteiger partial charge >= 0.3 is 0 Å². The first-order chi connectivity index (χ1) is 15.7. The Morgan fingerprint density at radius 3 is 1.44 bits per heavy atom. The van der Waals surface area contributed by atoms with Crippen LogP contribution in [0.3, 0.4) is 0 Å². The van der Waals surface area contributed by atoms with Gasteiger partial charge in [0.1, 0.15) is 0 Å². The molecule has 0 radical (unpaired) electrons. The highest BCUT2D eigenvalue weighted by molar-refractivity contribution is 6.31. The van der Waals surface area contributed by atoms with Crippen molar-refractivity contribution in [3.8, 4) is 0 Å². The van der Waals surface area contributed by atoms with E-state index in [1.165, 1.54) is 0 Å². The summed E-state index contributed by atoms with van der Waals surface area (Å²) in [5.41, 5.74) is 14.2. The van der Waals surface area contributed by atoms with Crippen LogP contribution in [0.15, 0.2) is 36.4 Å². The number of rotatable bonds is 14. The molecule has 172 valence electrons. The maximum atomic E-state index is 13.4. The van der Waals surface area contributed by atoms with Gasteiger partial charge in [0.15, 0.2) is 11.6 Å². The molecule has 1 aliphatic carbocycles. The van der Waals surface area contributed by atoms with Crippen molar-refractivity contribution in [3.63, 3.8) is 0 Å². The number of anilines is 2. The fourth-order valence-corrected chi connectivity index (χ4v) is 3.84. The Labute approximate surface area is 189 Å². The lowest BCUT2D eigenvalue weighted by atomic mass is 9.82. The third kappa shape index (κ3) is 5.72. The first-order valence-corrected chi connectivity index (χ1v) is 11.3. The van der Waals surface area contributed by atoms with E-state index < -0.39 is 0 Å². The van der Waals surface area contributed by atoms with E-state index in [9.17, 15) is 9.59 Å². The van der Waals surface area contributed by atoms with Crippen LogP contribution in [-0.2, 0) is 0 Å². The van der Waals surface area contributed by atoms with Gasteiger partial charge in [-0.25, -0.2) is 0 Å². The number of hydrogen-bond acceptors (Lipinski definition) is 8. The van der Waals surface area contributed by atoms with Crippen LogP contribution in [0, 0.1) is 0 Å². The van der Waals surface area contributed by atoms with Crippen molar-refractivity contribution in [1.29, 1.82) is 0 Å². The van der Waals surface area contributed by atoms with Crippen LogP contribution >= 0.6 is 0 Å². The number of fused-ring (bicyclic) bond motifs is 2. The van der Waals surface area contributed by atoms with Gasteiger partial charge in [-0.1, -0.05) is 24.3 Å². The van der Waals surface area contributed by atoms with E-state index in [1.807, 2.05) is 12.1 Å². The lowest BCUT2D eigenvalue weighted by molar-refractivity contribution is 0.0980. The Kier molecular flexibility index (Phi) is 9.18. The second-order valence-corrected chi connectivity index (χ2v) is 7.75. The van der Waals surface area contributed by atoms with E-state index in [0.29, 0.717) is 59.8 Å². The predicted octanol–water partition coefficient (Wildman–Crippen LogP) is 1.16. The molecule has 32 heavy (non-hydrogen) atoms. The average Bonchev–Trinajstić information content (AvgIpc) is 2.82. The fourth-order valence-electron chi connectivity index (χ4n) is 3.84. The Hall–Kier alpha value is -2.78. The molecule has 0 heterocycles. The smallest absolute Gasteiger partial charge is 0.196 e. The van der Waals surface area contributed by atoms with Gasteiger partial charge in [-0.15, -0.1) is 0 Å². The summed E-state index contributed by atoms with van der Waals surface area (Å²) in [4.78, 5) is 26.8. The van der Waals surface area contributed by atoms with Crippen LogP contribution < -0.4 is 32.7 Å². The zero-order valence-electron chi connectivity index (χ0n) is 18.5. The molecule has 0 bridgehead atoms. The first kappa shape index (κ1) is 23.9. The molecule has 0 fully saturated rings. The molecule has 0 saturated heterocycles. The lowest BCUT2D eigenvalue weighted by Gasteiger charge is -2.24. The molecule has 0 aliphatic heterocycles. The third-order valence-corrected chi connectivity index (χ3v) is 5.41. The number of ketones is 2. The minimum absolute atomic E-state index is 0.118. The highest BCUT2D eigenvalue weighted by Gasteiger charge is 2.33. The van der Waals surface area contributed by atoms with E-state index in [-0.39, 0.29) is 11.6 Å². The van der Waals surface area contributed by atoms with Gasteiger partial charge in [-0.3, -0.25) is 9.59 Å². The maximum Gasteiger partial charge on any atom is 0.196 e. The van der Waals surface area contributed by atoms with Crippen molar-refractivity contribution in [1.82, 2.24) is 10.6 Å². The summed E-state index contributed by atoms with van der Waals surface area (Å²) < 4.78 is 0. The molecule has 0 atom stereocenters. The van der Waals surface area contributed by atoms with E-state index in [4.69, 9.17) is 11.5 Å². The molecule has 2 aromatic rings. The van der Waals surface area contributed by atoms with Crippen LogP contribution in [0.25, 0.3) is 0 Å². The Morgan fingerprint density at radius 1 is 0.594 bits per heavy atom. The van der Waals surface area contributed by atoms with Crippen molar-refractivity contribution in [3.05, 3.63) is 58.7 Å². The van der Waals surface area contributed by atoms with Crippen molar-refractivity contribution < 1.29 is 9.59 Å². The molecular formula is C24H34N6O2. The van der Waals surface area contributed by atoms with E-state index in [0.717, 1.165) is 39.0 Å². The number of carbonyl (C=O) groups is 2. The van der Waals surface area contributed by atoms with Gasteiger partial charge in [0.25, 0.3) is 0 Å². The summed E-state index contributed by atoms with van der Waals surface area (Å²) in [5, 5.41) is 13.2. The molecule has 3 rings (SSSR count). The fraction of sp³-hybridized carbons (Fsp3) is 0.417. The zero-order valence-corrected chi connectivity index (χ0v) is 18.5. The monoisotopic (exact) mass is 438 g/mol. The van der Waals surface area contributed by atoms with Gasteiger partial charge in [-0.2, -0.15) is 0 Å². The SMILES string of the molecule is NCCNCCCNc1ccc(NCCCNCCN)c2c1C(=O)c1ccccc1C2=O. The average molecular weight is 439 g/mol. The van der Waals surface area contributed by atoms with E-state index in [2.05, 4.69) is 21.3 Å². The second-order valence-electron chi connectivity index (χ2n) is 7.75. The predicted molar refractivity (Wildman–Crippen MR) is 130 cm³/mol. The Bertz CT molecular complexity index is 857. The van der Waals surface area contributed by atoms with Crippen LogP contribution in [0.2, 0.25) is 0 Å². The van der Waals surface area contributed by atoms with E-state index >= 15 is 0 Å². The molecule has 1 aliphatic rings. The highest BCUT2D eigenvalue weighted by Crippen LogP contribution is 2.36. The molecule has 8 nitrogen and oxygen atoms in total. The van der Waals surface area contributed by atoms with Gasteiger partial charge in [-0.05, 0) is 38.1 Å². The van der Waals surface area contributed by atoms with Crippen molar-refractivity contribution in [2.45, 2.75) is 12.8 Å². The number of nitrogens with one attached hydrogen (secondary N) is 4. The van der Waals surface area contributed by atoms with Crippen molar-refractivity contribution in [2.75, 3.05) is 63.0 Å². The lowest BCUT2D eigenvalue weighted by Crippen LogP contribution is -2.27. The molecule has 0 spiro atoms. The first-order valence-electron chi connectivity index (χ1n) is 11.3. The number of nitrogens with two attached hydrogens (primary N) is 2. The Morgan fingerprint density at radius 2 is 1.03 bits per heavy atom. The van der Waals surface area contributed by atoms with Crippen molar-refractivity contribution in [2.24, 2.45) is 11.5 Å². The summed E-state index contributed by atoms with van der Waals surface area (Å²) in [7, 11) is 0.